The number of primary amides is 1. The molecule has 1 saturated heterocycles. The van der Waals surface area contributed by atoms with Crippen LogP contribution in [0.25, 0.3) is 16.6 Å². The molecule has 2 N–H and O–H groups in total. The Morgan fingerprint density at radius 2 is 1.73 bits per heavy atom. The van der Waals surface area contributed by atoms with Crippen LogP contribution in [-0.2, 0) is 23.1 Å². The molecule has 0 spiro atoms. The molecule has 1 aliphatic carbocycles. The third-order valence-electron chi connectivity index (χ3n) is 8.78. The number of aryl methyl sites for hydroxylation is 1. The number of carbonyl (C=O) groups excluding carboxylic acids is 2. The van der Waals surface area contributed by atoms with E-state index in [0.29, 0.717) is 19.3 Å². The van der Waals surface area contributed by atoms with E-state index in [-0.39, 0.29) is 29.6 Å². The van der Waals surface area contributed by atoms with Crippen LogP contribution in [0.1, 0.15) is 30.0 Å². The zero-order valence-electron chi connectivity index (χ0n) is 22.5. The average Bonchev–Trinajstić information content (AvgIpc) is 3.37. The van der Waals surface area contributed by atoms with Gasteiger partial charge >= 0.3 is 0 Å². The molecule has 2 fully saturated rings. The smallest absolute Gasteiger partial charge is 0.231 e. The molecule has 0 bridgehead atoms. The van der Waals surface area contributed by atoms with E-state index in [0.717, 1.165) is 33.4 Å². The number of amides is 2. The average molecular weight is 549 g/mol. The molecule has 1 saturated carbocycles. The van der Waals surface area contributed by atoms with Gasteiger partial charge in [-0.2, -0.15) is 10.2 Å². The molecular weight excluding hydrogens is 519 g/mol. The molecule has 1 aliphatic heterocycles. The van der Waals surface area contributed by atoms with Crippen LogP contribution in [0.4, 0.5) is 10.1 Å². The van der Waals surface area contributed by atoms with Gasteiger partial charge in [-0.3, -0.25) is 14.3 Å². The first-order valence-electron chi connectivity index (χ1n) is 13.7. The number of nitrogens with zero attached hydrogens (tertiary/aromatic N) is 5. The molecular formula is C32H29FN6O2. The fraction of sp³-hybridized carbons (Fsp3) is 0.250. The van der Waals surface area contributed by atoms with Gasteiger partial charge in [0.2, 0.25) is 11.8 Å². The number of halogens is 1. The van der Waals surface area contributed by atoms with Crippen molar-refractivity contribution in [2.75, 3.05) is 4.90 Å². The van der Waals surface area contributed by atoms with E-state index in [1.807, 2.05) is 66.7 Å². The summed E-state index contributed by atoms with van der Waals surface area (Å²) in [6, 6.07) is 21.5. The Bertz CT molecular complexity index is 1770. The van der Waals surface area contributed by atoms with Crippen LogP contribution in [0.2, 0.25) is 0 Å². The predicted octanol–water partition coefficient (Wildman–Crippen LogP) is 4.73. The van der Waals surface area contributed by atoms with E-state index >= 15 is 0 Å². The Labute approximate surface area is 236 Å². The molecule has 3 atom stereocenters. The van der Waals surface area contributed by atoms with Crippen LogP contribution in [0, 0.1) is 23.1 Å². The number of hydrogen-bond donors (Lipinski definition) is 1. The molecule has 8 nitrogen and oxygen atoms in total. The largest absolute Gasteiger partial charge is 0.369 e. The zero-order chi connectivity index (χ0) is 28.3. The summed E-state index contributed by atoms with van der Waals surface area (Å²) in [6.07, 6.45) is 7.26. The summed E-state index contributed by atoms with van der Waals surface area (Å²) in [5.41, 5.74) is 9.54. The number of aromatic nitrogens is 4. The van der Waals surface area contributed by atoms with E-state index in [2.05, 4.69) is 10.2 Å². The highest BCUT2D eigenvalue weighted by molar-refractivity contribution is 6.02. The molecule has 7 rings (SSSR count). The molecule has 2 aromatic heterocycles. The lowest BCUT2D eigenvalue weighted by Gasteiger charge is -2.33. The quantitative estimate of drug-likeness (QED) is 0.318. The van der Waals surface area contributed by atoms with Crippen molar-refractivity contribution in [2.24, 2.45) is 30.0 Å². The van der Waals surface area contributed by atoms with E-state index in [1.54, 1.807) is 33.9 Å². The van der Waals surface area contributed by atoms with E-state index in [1.165, 1.54) is 12.1 Å². The van der Waals surface area contributed by atoms with Crippen molar-refractivity contribution in [1.82, 2.24) is 19.6 Å². The van der Waals surface area contributed by atoms with Crippen molar-refractivity contribution in [1.29, 1.82) is 0 Å². The van der Waals surface area contributed by atoms with Gasteiger partial charge in [0.25, 0.3) is 0 Å². The second-order valence-corrected chi connectivity index (χ2v) is 11.2. The summed E-state index contributed by atoms with van der Waals surface area (Å²) >= 11 is 0. The fourth-order valence-corrected chi connectivity index (χ4v) is 6.71. The SMILES string of the molecule is Cn1cc(C[C@@H]2C(=O)N(c3ccc4c(cnn4-c4ccc(F)cc4)c3)[C@@H](c3ccccc3)[C@@H]2C2(C(N)=O)CC2)cn1. The number of carbonyl (C=O) groups is 2. The minimum Gasteiger partial charge on any atom is -0.369 e. The van der Waals surface area contributed by atoms with E-state index < -0.39 is 11.3 Å². The van der Waals surface area contributed by atoms with Gasteiger partial charge in [0.1, 0.15) is 5.82 Å². The van der Waals surface area contributed by atoms with Crippen LogP contribution < -0.4 is 10.6 Å². The third-order valence-corrected chi connectivity index (χ3v) is 8.78. The predicted molar refractivity (Wildman–Crippen MR) is 152 cm³/mol. The Kier molecular flexibility index (Phi) is 5.78. The van der Waals surface area contributed by atoms with Crippen molar-refractivity contribution >= 4 is 28.4 Å². The first-order chi connectivity index (χ1) is 19.9. The van der Waals surface area contributed by atoms with Crippen LogP contribution in [0.5, 0.6) is 0 Å². The number of rotatable bonds is 7. The van der Waals surface area contributed by atoms with E-state index in [4.69, 9.17) is 5.73 Å². The van der Waals surface area contributed by atoms with Gasteiger partial charge in [-0.05, 0) is 72.9 Å². The van der Waals surface area contributed by atoms with Crippen LogP contribution in [0.3, 0.4) is 0 Å². The van der Waals surface area contributed by atoms with Gasteiger partial charge in [-0.25, -0.2) is 9.07 Å². The monoisotopic (exact) mass is 548 g/mol. The van der Waals surface area contributed by atoms with Gasteiger partial charge < -0.3 is 10.6 Å². The molecule has 5 aromatic rings. The third kappa shape index (κ3) is 4.11. The second-order valence-electron chi connectivity index (χ2n) is 11.2. The molecule has 3 heterocycles. The summed E-state index contributed by atoms with van der Waals surface area (Å²) < 4.78 is 17.0. The van der Waals surface area contributed by atoms with Crippen LogP contribution >= 0.6 is 0 Å². The van der Waals surface area contributed by atoms with Gasteiger partial charge in [0, 0.05) is 36.2 Å². The normalized spacial score (nSPS) is 21.5. The lowest BCUT2D eigenvalue weighted by atomic mass is 9.73. The molecule has 9 heteroatoms. The maximum absolute atomic E-state index is 14.5. The standard InChI is InChI=1S/C32H29FN6O2/c1-37-19-20(17-35-37)15-26-28(32(13-14-32)31(34)41)29(21-5-3-2-4-6-21)38(30(26)40)25-11-12-27-22(16-25)18-36-39(27)24-9-7-23(33)8-10-24/h2-12,16-19,26,28-29H,13-15H2,1H3,(H2,34,41)/t26-,28+,29-/m0/s1. The van der Waals surface area contributed by atoms with Crippen molar-refractivity contribution in [3.63, 3.8) is 0 Å². The summed E-state index contributed by atoms with van der Waals surface area (Å²) in [5.74, 6) is -1.44. The molecule has 3 aromatic carbocycles. The molecule has 0 unspecified atom stereocenters. The first-order valence-corrected chi connectivity index (χ1v) is 13.7. The molecule has 206 valence electrons. The number of fused-ring (bicyclic) bond motifs is 1. The van der Waals surface area contributed by atoms with Crippen molar-refractivity contribution in [3.8, 4) is 5.69 Å². The topological polar surface area (TPSA) is 99.0 Å². The number of anilines is 1. The Morgan fingerprint density at radius 3 is 2.39 bits per heavy atom. The summed E-state index contributed by atoms with van der Waals surface area (Å²) in [6.45, 7) is 0. The molecule has 41 heavy (non-hydrogen) atoms. The highest BCUT2D eigenvalue weighted by Crippen LogP contribution is 2.63. The number of nitrogens with two attached hydrogens (primary N) is 1. The highest BCUT2D eigenvalue weighted by Gasteiger charge is 2.65. The first kappa shape index (κ1) is 25.2. The van der Waals surface area contributed by atoms with Crippen LogP contribution in [-0.4, -0.2) is 31.4 Å². The maximum Gasteiger partial charge on any atom is 0.231 e. The van der Waals surface area contributed by atoms with Crippen molar-refractivity contribution in [2.45, 2.75) is 25.3 Å². The second kappa shape index (κ2) is 9.40. The molecule has 2 aliphatic rings. The highest BCUT2D eigenvalue weighted by atomic mass is 19.1. The zero-order valence-corrected chi connectivity index (χ0v) is 22.5. The Hall–Kier alpha value is -4.79. The number of hydrogen-bond acceptors (Lipinski definition) is 4. The van der Waals surface area contributed by atoms with Crippen LogP contribution in [0.15, 0.2) is 91.4 Å². The van der Waals surface area contributed by atoms with Gasteiger partial charge in [-0.15, -0.1) is 0 Å². The van der Waals surface area contributed by atoms with E-state index in [9.17, 15) is 14.0 Å². The van der Waals surface area contributed by atoms with Crippen molar-refractivity contribution in [3.05, 3.63) is 108 Å². The Morgan fingerprint density at radius 1 is 1.00 bits per heavy atom. The van der Waals surface area contributed by atoms with Gasteiger partial charge in [0.15, 0.2) is 0 Å². The summed E-state index contributed by atoms with van der Waals surface area (Å²) in [4.78, 5) is 29.3. The lowest BCUT2D eigenvalue weighted by molar-refractivity contribution is -0.127. The minimum absolute atomic E-state index is 0.0366. The summed E-state index contributed by atoms with van der Waals surface area (Å²) in [5, 5.41) is 9.69. The fourth-order valence-electron chi connectivity index (χ4n) is 6.71. The summed E-state index contributed by atoms with van der Waals surface area (Å²) in [7, 11) is 1.85. The van der Waals surface area contributed by atoms with Crippen molar-refractivity contribution < 1.29 is 14.0 Å². The minimum atomic E-state index is -0.741. The number of benzene rings is 3. The lowest BCUT2D eigenvalue weighted by Crippen LogP contribution is -2.38. The molecule has 0 radical (unpaired) electrons. The Balaban J connectivity index is 1.36. The van der Waals surface area contributed by atoms with Gasteiger partial charge in [0.05, 0.1) is 35.1 Å². The maximum atomic E-state index is 14.5. The van der Waals surface area contributed by atoms with Gasteiger partial charge in [-0.1, -0.05) is 30.3 Å². The molecule has 2 amide bonds.